The Morgan fingerprint density at radius 1 is 1.21 bits per heavy atom. The molecule has 1 aromatic carbocycles. The molecule has 0 aliphatic carbocycles. The van der Waals surface area contributed by atoms with E-state index in [4.69, 9.17) is 11.6 Å². The van der Waals surface area contributed by atoms with Gasteiger partial charge < -0.3 is 15.7 Å². The van der Waals surface area contributed by atoms with Crippen molar-refractivity contribution in [2.75, 3.05) is 17.2 Å². The fourth-order valence-corrected chi connectivity index (χ4v) is 2.59. The number of aromatic nitrogens is 3. The average molecular weight is 401 g/mol. The van der Waals surface area contributed by atoms with Crippen LogP contribution in [0.15, 0.2) is 48.8 Å². The van der Waals surface area contributed by atoms with Crippen molar-refractivity contribution in [3.8, 4) is 11.3 Å². The molecule has 10 heteroatoms. The van der Waals surface area contributed by atoms with E-state index in [9.17, 15) is 15.2 Å². The van der Waals surface area contributed by atoms with E-state index in [1.54, 1.807) is 37.5 Å². The number of anilines is 3. The quantitative estimate of drug-likeness (QED) is 0.405. The van der Waals surface area contributed by atoms with E-state index in [-0.39, 0.29) is 30.0 Å². The summed E-state index contributed by atoms with van der Waals surface area (Å²) in [6.07, 6.45) is 3.27. The van der Waals surface area contributed by atoms with Gasteiger partial charge in [0.05, 0.1) is 17.2 Å². The van der Waals surface area contributed by atoms with Crippen molar-refractivity contribution in [3.63, 3.8) is 0 Å². The fraction of sp³-hybridized carbons (Fsp3) is 0.167. The lowest BCUT2D eigenvalue weighted by molar-refractivity contribution is -0.383. The molecule has 0 saturated carbocycles. The first kappa shape index (κ1) is 19.5. The minimum atomic E-state index is -0.503. The summed E-state index contributed by atoms with van der Waals surface area (Å²) in [6, 6.07) is 9.18. The van der Waals surface area contributed by atoms with Crippen molar-refractivity contribution < 1.29 is 10.0 Å². The van der Waals surface area contributed by atoms with Crippen LogP contribution in [0.2, 0.25) is 5.02 Å². The molecule has 0 aliphatic heterocycles. The van der Waals surface area contributed by atoms with Crippen LogP contribution in [0.4, 0.5) is 23.1 Å². The summed E-state index contributed by atoms with van der Waals surface area (Å²) in [5.74, 6) is 0.600. The molecule has 28 heavy (non-hydrogen) atoms. The molecular weight excluding hydrogens is 384 g/mol. The number of pyridine rings is 1. The number of nitro groups is 1. The lowest BCUT2D eigenvalue weighted by Gasteiger charge is -2.14. The van der Waals surface area contributed by atoms with Gasteiger partial charge in [-0.3, -0.25) is 15.1 Å². The Hall–Kier alpha value is -3.30. The maximum atomic E-state index is 11.3. The first-order chi connectivity index (χ1) is 13.5. The molecule has 3 rings (SSSR count). The number of aliphatic hydroxyl groups is 1. The Labute approximate surface area is 165 Å². The summed E-state index contributed by atoms with van der Waals surface area (Å²) in [6.45, 7) is 1.67. The fourth-order valence-electron chi connectivity index (χ4n) is 2.42. The van der Waals surface area contributed by atoms with Crippen LogP contribution in [0.5, 0.6) is 0 Å². The molecule has 0 bridgehead atoms. The highest BCUT2D eigenvalue weighted by atomic mass is 35.5. The highest BCUT2D eigenvalue weighted by molar-refractivity contribution is 6.31. The van der Waals surface area contributed by atoms with Crippen molar-refractivity contribution >= 4 is 34.7 Å². The van der Waals surface area contributed by atoms with Crippen molar-refractivity contribution in [2.45, 2.75) is 13.0 Å². The third-order valence-corrected chi connectivity index (χ3v) is 4.00. The predicted octanol–water partition coefficient (Wildman–Crippen LogP) is 3.64. The van der Waals surface area contributed by atoms with Crippen molar-refractivity contribution in [1.29, 1.82) is 0 Å². The molecule has 0 unspecified atom stereocenters. The molecular formula is C18H17ClN6O3. The molecule has 0 spiro atoms. The second kappa shape index (κ2) is 8.59. The first-order valence-corrected chi connectivity index (χ1v) is 8.72. The van der Waals surface area contributed by atoms with Gasteiger partial charge in [0.2, 0.25) is 5.95 Å². The van der Waals surface area contributed by atoms with Crippen LogP contribution in [0, 0.1) is 10.1 Å². The number of aliphatic hydroxyl groups excluding tert-OH is 1. The zero-order chi connectivity index (χ0) is 20.1. The van der Waals surface area contributed by atoms with E-state index in [1.165, 1.54) is 18.2 Å². The number of nitro benzene ring substituents is 1. The summed E-state index contributed by atoms with van der Waals surface area (Å²) in [4.78, 5) is 23.6. The average Bonchev–Trinajstić information content (AvgIpc) is 2.68. The van der Waals surface area contributed by atoms with Crippen molar-refractivity contribution in [2.24, 2.45) is 0 Å². The van der Waals surface area contributed by atoms with Gasteiger partial charge in [-0.15, -0.1) is 0 Å². The Bertz CT molecular complexity index is 986. The monoisotopic (exact) mass is 400 g/mol. The van der Waals surface area contributed by atoms with Crippen LogP contribution in [0.1, 0.15) is 6.92 Å². The minimum Gasteiger partial charge on any atom is -0.394 e. The van der Waals surface area contributed by atoms with E-state index in [2.05, 4.69) is 25.6 Å². The Kier molecular flexibility index (Phi) is 5.97. The van der Waals surface area contributed by atoms with Crippen LogP contribution in [0.3, 0.4) is 0 Å². The topological polar surface area (TPSA) is 126 Å². The SMILES string of the molecule is C[C@@H](CO)Nc1nc(Nc2cc(Cl)ccc2[N+](=O)[O-])cc(-c2ccncc2)n1. The molecule has 9 nitrogen and oxygen atoms in total. The summed E-state index contributed by atoms with van der Waals surface area (Å²) in [7, 11) is 0. The molecule has 0 radical (unpaired) electrons. The van der Waals surface area contributed by atoms with Gasteiger partial charge in [-0.05, 0) is 31.2 Å². The highest BCUT2D eigenvalue weighted by Crippen LogP contribution is 2.31. The highest BCUT2D eigenvalue weighted by Gasteiger charge is 2.16. The molecule has 2 heterocycles. The van der Waals surface area contributed by atoms with Gasteiger partial charge in [0.25, 0.3) is 5.69 Å². The summed E-state index contributed by atoms with van der Waals surface area (Å²) < 4.78 is 0. The van der Waals surface area contributed by atoms with E-state index >= 15 is 0 Å². The lowest BCUT2D eigenvalue weighted by Crippen LogP contribution is -2.21. The molecule has 2 aromatic heterocycles. The standard InChI is InChI=1S/C18H17ClN6O3/c1-11(10-26)21-18-23-14(12-4-6-20-7-5-12)9-17(24-18)22-15-8-13(19)2-3-16(15)25(27)28/h2-9,11,26H,10H2,1H3,(H2,21,22,23,24)/t11-/m0/s1. The van der Waals surface area contributed by atoms with Gasteiger partial charge in [-0.25, -0.2) is 4.98 Å². The van der Waals surface area contributed by atoms with Crippen molar-refractivity contribution in [1.82, 2.24) is 15.0 Å². The molecule has 0 saturated heterocycles. The minimum absolute atomic E-state index is 0.106. The van der Waals surface area contributed by atoms with Crippen LogP contribution >= 0.6 is 11.6 Å². The molecule has 3 N–H and O–H groups in total. The van der Waals surface area contributed by atoms with Crippen molar-refractivity contribution in [3.05, 3.63) is 63.9 Å². The number of benzene rings is 1. The van der Waals surface area contributed by atoms with Crippen LogP contribution < -0.4 is 10.6 Å². The van der Waals surface area contributed by atoms with E-state index in [0.717, 1.165) is 5.56 Å². The maximum absolute atomic E-state index is 11.3. The molecule has 1 atom stereocenters. The largest absolute Gasteiger partial charge is 0.394 e. The number of nitrogens with one attached hydrogen (secondary N) is 2. The second-order valence-electron chi connectivity index (χ2n) is 5.97. The third kappa shape index (κ3) is 4.70. The Morgan fingerprint density at radius 3 is 2.64 bits per heavy atom. The third-order valence-electron chi connectivity index (χ3n) is 3.77. The normalized spacial score (nSPS) is 11.7. The molecule has 3 aromatic rings. The van der Waals surface area contributed by atoms with E-state index in [0.29, 0.717) is 16.5 Å². The van der Waals surface area contributed by atoms with Crippen LogP contribution in [-0.4, -0.2) is 37.6 Å². The van der Waals surface area contributed by atoms with Crippen LogP contribution in [-0.2, 0) is 0 Å². The smallest absolute Gasteiger partial charge is 0.292 e. The van der Waals surface area contributed by atoms with Gasteiger partial charge in [0.1, 0.15) is 11.5 Å². The summed E-state index contributed by atoms with van der Waals surface area (Å²) in [5.41, 5.74) is 1.45. The zero-order valence-electron chi connectivity index (χ0n) is 14.8. The Balaban J connectivity index is 2.04. The molecule has 144 valence electrons. The lowest BCUT2D eigenvalue weighted by atomic mass is 10.2. The van der Waals surface area contributed by atoms with Gasteiger partial charge in [-0.2, -0.15) is 4.98 Å². The number of halogens is 1. The zero-order valence-corrected chi connectivity index (χ0v) is 15.6. The second-order valence-corrected chi connectivity index (χ2v) is 6.41. The molecule has 0 fully saturated rings. The van der Waals surface area contributed by atoms with Gasteiger partial charge in [0.15, 0.2) is 0 Å². The number of nitrogens with zero attached hydrogens (tertiary/aromatic N) is 4. The molecule has 0 amide bonds. The maximum Gasteiger partial charge on any atom is 0.292 e. The first-order valence-electron chi connectivity index (χ1n) is 8.34. The number of hydrogen-bond acceptors (Lipinski definition) is 8. The number of hydrogen-bond donors (Lipinski definition) is 3. The van der Waals surface area contributed by atoms with Crippen LogP contribution in [0.25, 0.3) is 11.3 Å². The summed E-state index contributed by atoms with van der Waals surface area (Å²) in [5, 5.41) is 26.9. The summed E-state index contributed by atoms with van der Waals surface area (Å²) >= 11 is 5.99. The molecule has 0 aliphatic rings. The van der Waals surface area contributed by atoms with Gasteiger partial charge in [0, 0.05) is 41.2 Å². The van der Waals surface area contributed by atoms with E-state index in [1.807, 2.05) is 0 Å². The van der Waals surface area contributed by atoms with Gasteiger partial charge >= 0.3 is 0 Å². The predicted molar refractivity (Wildman–Crippen MR) is 107 cm³/mol. The Morgan fingerprint density at radius 2 is 1.96 bits per heavy atom. The number of rotatable bonds is 7. The van der Waals surface area contributed by atoms with E-state index < -0.39 is 4.92 Å². The van der Waals surface area contributed by atoms with Gasteiger partial charge in [-0.1, -0.05) is 11.6 Å².